The van der Waals surface area contributed by atoms with E-state index in [2.05, 4.69) is 5.32 Å². The van der Waals surface area contributed by atoms with Crippen molar-refractivity contribution in [2.24, 2.45) is 0 Å². The first-order valence-electron chi connectivity index (χ1n) is 10.6. The molecular weight excluding hydrogens is 419 g/mol. The van der Waals surface area contributed by atoms with E-state index in [1.54, 1.807) is 24.3 Å². The molecule has 162 valence electrons. The summed E-state index contributed by atoms with van der Waals surface area (Å²) in [5.41, 5.74) is 4.98. The number of halogens is 1. The van der Waals surface area contributed by atoms with Crippen LogP contribution in [0.15, 0.2) is 74.3 Å². The zero-order valence-corrected chi connectivity index (χ0v) is 18.0. The summed E-state index contributed by atoms with van der Waals surface area (Å²) in [5, 5.41) is 13.2. The molecule has 5 aromatic rings. The first kappa shape index (κ1) is 19.5. The molecule has 1 aliphatic rings. The zero-order chi connectivity index (χ0) is 22.9. The molecule has 0 radical (unpaired) electrons. The zero-order valence-electron chi connectivity index (χ0n) is 18.0. The van der Waals surface area contributed by atoms with Crippen LogP contribution < -0.4 is 16.3 Å². The van der Waals surface area contributed by atoms with Gasteiger partial charge in [0.2, 0.25) is 11.4 Å². The fourth-order valence-electron chi connectivity index (χ4n) is 4.69. The highest BCUT2D eigenvalue weighted by Crippen LogP contribution is 2.45. The Labute approximate surface area is 187 Å². The van der Waals surface area contributed by atoms with Crippen molar-refractivity contribution in [3.8, 4) is 0 Å². The van der Waals surface area contributed by atoms with Crippen LogP contribution in [0.5, 0.6) is 0 Å². The van der Waals surface area contributed by atoms with Gasteiger partial charge in [0.25, 0.3) is 0 Å². The van der Waals surface area contributed by atoms with E-state index in [0.29, 0.717) is 44.8 Å². The summed E-state index contributed by atoms with van der Waals surface area (Å²) in [6.07, 6.45) is 0. The summed E-state index contributed by atoms with van der Waals surface area (Å²) in [6, 6.07) is 17.2. The molecule has 0 fully saturated rings. The van der Waals surface area contributed by atoms with E-state index in [1.807, 2.05) is 38.1 Å². The molecule has 1 aliphatic heterocycles. The summed E-state index contributed by atoms with van der Waals surface area (Å²) in [5.74, 6) is -0.704. The molecule has 2 aromatic heterocycles. The molecule has 3 heterocycles. The summed E-state index contributed by atoms with van der Waals surface area (Å²) >= 11 is 0. The summed E-state index contributed by atoms with van der Waals surface area (Å²) in [6.45, 7) is 3.89. The quantitative estimate of drug-likeness (QED) is 0.329. The number of hydrogen-bond donors (Lipinski definition) is 2. The van der Waals surface area contributed by atoms with E-state index in [4.69, 9.17) is 14.2 Å². The Hall–Kier alpha value is -4.19. The number of hydrogen-bond acceptors (Lipinski definition) is 5. The molecule has 0 saturated heterocycles. The van der Waals surface area contributed by atoms with Crippen LogP contribution in [0.4, 0.5) is 16.0 Å². The molecule has 5 nitrogen and oxygen atoms in total. The second-order valence-electron chi connectivity index (χ2n) is 8.50. The van der Waals surface area contributed by atoms with Gasteiger partial charge >= 0.3 is 0 Å². The normalized spacial score (nSPS) is 14.7. The van der Waals surface area contributed by atoms with Gasteiger partial charge < -0.3 is 14.2 Å². The van der Waals surface area contributed by atoms with Crippen LogP contribution in [0.2, 0.25) is 0 Å². The van der Waals surface area contributed by atoms with E-state index >= 15 is 0 Å². The van der Waals surface area contributed by atoms with Crippen molar-refractivity contribution in [3.05, 3.63) is 110 Å². The topological polar surface area (TPSA) is 79.2 Å². The third kappa shape index (κ3) is 2.91. The van der Waals surface area contributed by atoms with Gasteiger partial charge in [0.15, 0.2) is 5.43 Å². The van der Waals surface area contributed by atoms with Crippen molar-refractivity contribution in [3.63, 3.8) is 0 Å². The van der Waals surface area contributed by atoms with Crippen LogP contribution in [0.3, 0.4) is 0 Å². The number of rotatable bonds is 1. The second-order valence-corrected chi connectivity index (χ2v) is 8.50. The average molecular weight is 438 g/mol. The lowest BCUT2D eigenvalue weighted by molar-refractivity contribution is 0.517. The predicted molar refractivity (Wildman–Crippen MR) is 125 cm³/mol. The van der Waals surface area contributed by atoms with Gasteiger partial charge in [-0.2, -0.15) is 0 Å². The number of aryl methyl sites for hydroxylation is 2. The van der Waals surface area contributed by atoms with Gasteiger partial charge in [0, 0.05) is 5.39 Å². The maximum Gasteiger partial charge on any atom is 0.218 e. The maximum absolute atomic E-state index is 13.8. The Balaban J connectivity index is 1.76. The minimum atomic E-state index is -0.654. The van der Waals surface area contributed by atoms with E-state index in [-0.39, 0.29) is 16.8 Å². The molecule has 3 aromatic carbocycles. The molecule has 0 bridgehead atoms. The summed E-state index contributed by atoms with van der Waals surface area (Å²) < 4.78 is 25.8. The van der Waals surface area contributed by atoms with Crippen LogP contribution in [-0.2, 0) is 0 Å². The highest BCUT2D eigenvalue weighted by molar-refractivity contribution is 5.96. The van der Waals surface area contributed by atoms with Gasteiger partial charge in [0.1, 0.15) is 17.0 Å². The first-order valence-corrected chi connectivity index (χ1v) is 10.6. The Bertz CT molecular complexity index is 1710. The van der Waals surface area contributed by atoms with E-state index in [0.717, 1.165) is 16.5 Å². The van der Waals surface area contributed by atoms with Crippen molar-refractivity contribution in [1.29, 1.82) is 5.41 Å². The van der Waals surface area contributed by atoms with E-state index < -0.39 is 5.92 Å². The van der Waals surface area contributed by atoms with Gasteiger partial charge in [-0.05, 0) is 55.8 Å². The van der Waals surface area contributed by atoms with Gasteiger partial charge in [-0.3, -0.25) is 10.2 Å². The number of benzene rings is 3. The fraction of sp³-hybridized carbons (Fsp3) is 0.111. The van der Waals surface area contributed by atoms with Crippen molar-refractivity contribution in [2.75, 3.05) is 5.32 Å². The lowest BCUT2D eigenvalue weighted by atomic mass is 9.82. The van der Waals surface area contributed by atoms with E-state index in [1.165, 1.54) is 12.1 Å². The molecule has 0 spiro atoms. The Kier molecular flexibility index (Phi) is 4.08. The lowest BCUT2D eigenvalue weighted by Crippen LogP contribution is -2.27. The molecule has 0 saturated carbocycles. The molecule has 33 heavy (non-hydrogen) atoms. The highest BCUT2D eigenvalue weighted by atomic mass is 19.1. The van der Waals surface area contributed by atoms with Crippen molar-refractivity contribution >= 4 is 33.5 Å². The van der Waals surface area contributed by atoms with Crippen LogP contribution in [0.1, 0.15) is 33.7 Å². The monoisotopic (exact) mass is 438 g/mol. The van der Waals surface area contributed by atoms with Crippen molar-refractivity contribution in [2.45, 2.75) is 19.8 Å². The molecule has 1 atom stereocenters. The van der Waals surface area contributed by atoms with Crippen LogP contribution in [0, 0.1) is 25.1 Å². The van der Waals surface area contributed by atoms with Gasteiger partial charge in [-0.1, -0.05) is 35.4 Å². The highest BCUT2D eigenvalue weighted by Gasteiger charge is 2.35. The predicted octanol–water partition coefficient (Wildman–Crippen LogP) is 6.01. The van der Waals surface area contributed by atoms with Crippen LogP contribution in [0.25, 0.3) is 21.9 Å². The first-order chi connectivity index (χ1) is 15.9. The SMILES string of the molecule is Cc1ccc2oc(=N)c3c(c2c1)Nc1oc2ccc(C)cc2c(=O)c1C3c1ccc(F)cc1. The average Bonchev–Trinajstić information content (AvgIpc) is 2.80. The number of nitrogens with one attached hydrogen (secondary N) is 2. The number of anilines is 2. The van der Waals surface area contributed by atoms with Gasteiger partial charge in [-0.15, -0.1) is 0 Å². The molecule has 6 rings (SSSR count). The Morgan fingerprint density at radius 2 is 1.48 bits per heavy atom. The van der Waals surface area contributed by atoms with Gasteiger partial charge in [0.05, 0.1) is 28.1 Å². The van der Waals surface area contributed by atoms with Crippen molar-refractivity contribution < 1.29 is 13.2 Å². The lowest BCUT2D eigenvalue weighted by Gasteiger charge is -2.28. The van der Waals surface area contributed by atoms with E-state index in [9.17, 15) is 9.18 Å². The molecular formula is C27H19FN2O3. The summed E-state index contributed by atoms with van der Waals surface area (Å²) in [7, 11) is 0. The minimum Gasteiger partial charge on any atom is -0.440 e. The van der Waals surface area contributed by atoms with Gasteiger partial charge in [-0.25, -0.2) is 4.39 Å². The second kappa shape index (κ2) is 6.90. The smallest absolute Gasteiger partial charge is 0.218 e. The third-order valence-corrected chi connectivity index (χ3v) is 6.23. The molecule has 0 amide bonds. The Morgan fingerprint density at radius 1 is 0.848 bits per heavy atom. The number of fused-ring (bicyclic) bond motifs is 5. The minimum absolute atomic E-state index is 0.0578. The summed E-state index contributed by atoms with van der Waals surface area (Å²) in [4.78, 5) is 13.7. The maximum atomic E-state index is 13.8. The molecule has 0 aliphatic carbocycles. The standard InChI is InChI=1S/C27H19FN2O3/c1-13-3-9-19-17(11-13)24-22(26(29)32-19)21(15-5-7-16(28)8-6-15)23-25(31)18-12-14(2)4-10-20(18)33-27(23)30-24/h3-12,21,29-30H,1-2H3. The van der Waals surface area contributed by atoms with Crippen LogP contribution >= 0.6 is 0 Å². The Morgan fingerprint density at radius 3 is 2.18 bits per heavy atom. The molecule has 1 unspecified atom stereocenters. The molecule has 2 N–H and O–H groups in total. The third-order valence-electron chi connectivity index (χ3n) is 6.23. The molecule has 6 heteroatoms. The largest absolute Gasteiger partial charge is 0.440 e. The van der Waals surface area contributed by atoms with Crippen LogP contribution in [-0.4, -0.2) is 0 Å². The fourth-order valence-corrected chi connectivity index (χ4v) is 4.69. The van der Waals surface area contributed by atoms with Crippen molar-refractivity contribution in [1.82, 2.24) is 0 Å².